The van der Waals surface area contributed by atoms with Crippen LogP contribution in [0.1, 0.15) is 11.1 Å². The lowest BCUT2D eigenvalue weighted by Gasteiger charge is -2.10. The van der Waals surface area contributed by atoms with E-state index in [-0.39, 0.29) is 12.5 Å². The monoisotopic (exact) mass is 272 g/mol. The number of halogens is 1. The minimum Gasteiger partial charge on any atom is -0.383 e. The van der Waals surface area contributed by atoms with Crippen molar-refractivity contribution in [2.24, 2.45) is 0 Å². The van der Waals surface area contributed by atoms with Gasteiger partial charge in [-0.2, -0.15) is 0 Å². The predicted molar refractivity (Wildman–Crippen MR) is 69.9 cm³/mol. The number of ether oxygens (including phenoxy) is 1. The van der Waals surface area contributed by atoms with E-state index in [1.165, 1.54) is 0 Å². The average Bonchev–Trinajstić information content (AvgIpc) is 2.35. The molecule has 0 fully saturated rings. The molecule has 1 amide bonds. The lowest BCUT2D eigenvalue weighted by Crippen LogP contribution is -2.32. The van der Waals surface area contributed by atoms with Crippen molar-refractivity contribution in [1.29, 1.82) is 0 Å². The molecule has 0 aliphatic heterocycles. The van der Waals surface area contributed by atoms with E-state index < -0.39 is 0 Å². The first kappa shape index (κ1) is 14.7. The van der Waals surface area contributed by atoms with E-state index in [4.69, 9.17) is 16.3 Å². The molecule has 18 heavy (non-hydrogen) atoms. The molecule has 0 aromatic carbocycles. The van der Waals surface area contributed by atoms with Crippen LogP contribution in [0.5, 0.6) is 0 Å². The van der Waals surface area contributed by atoms with Gasteiger partial charge >= 0.3 is 0 Å². The molecule has 100 valence electrons. The van der Waals surface area contributed by atoms with Gasteiger partial charge < -0.3 is 15.4 Å². The molecule has 1 aromatic heterocycles. The van der Waals surface area contributed by atoms with E-state index in [1.54, 1.807) is 7.11 Å². The SMILES string of the molecule is COCCNC(=O)CNc1nnc(Cl)c(C)c1C. The number of carbonyl (C=O) groups excluding carboxylic acids is 1. The summed E-state index contributed by atoms with van der Waals surface area (Å²) in [5.41, 5.74) is 1.74. The van der Waals surface area contributed by atoms with Crippen LogP contribution in [-0.2, 0) is 9.53 Å². The van der Waals surface area contributed by atoms with Gasteiger partial charge in [0, 0.05) is 13.7 Å². The van der Waals surface area contributed by atoms with Crippen LogP contribution < -0.4 is 10.6 Å². The molecule has 6 nitrogen and oxygen atoms in total. The molecule has 0 spiro atoms. The molecule has 1 aromatic rings. The number of aromatic nitrogens is 2. The van der Waals surface area contributed by atoms with Crippen LogP contribution in [0.3, 0.4) is 0 Å². The molecular formula is C11H17ClN4O2. The summed E-state index contributed by atoms with van der Waals surface area (Å²) < 4.78 is 4.83. The first-order valence-corrected chi connectivity index (χ1v) is 5.93. The molecular weight excluding hydrogens is 256 g/mol. The molecule has 0 unspecified atom stereocenters. The summed E-state index contributed by atoms with van der Waals surface area (Å²) in [4.78, 5) is 11.5. The van der Waals surface area contributed by atoms with Gasteiger partial charge in [-0.05, 0) is 25.0 Å². The minimum atomic E-state index is -0.124. The highest BCUT2D eigenvalue weighted by molar-refractivity contribution is 6.30. The first-order valence-electron chi connectivity index (χ1n) is 5.55. The Hall–Kier alpha value is -1.40. The molecule has 0 aliphatic carbocycles. The van der Waals surface area contributed by atoms with Gasteiger partial charge in [-0.15, -0.1) is 10.2 Å². The Morgan fingerprint density at radius 1 is 1.33 bits per heavy atom. The smallest absolute Gasteiger partial charge is 0.239 e. The highest BCUT2D eigenvalue weighted by atomic mass is 35.5. The van der Waals surface area contributed by atoms with Gasteiger partial charge in [0.1, 0.15) is 0 Å². The van der Waals surface area contributed by atoms with Crippen LogP contribution in [0, 0.1) is 13.8 Å². The van der Waals surface area contributed by atoms with Crippen molar-refractivity contribution < 1.29 is 9.53 Å². The molecule has 0 radical (unpaired) electrons. The molecule has 0 aliphatic rings. The molecule has 0 saturated heterocycles. The third kappa shape index (κ3) is 4.12. The van der Waals surface area contributed by atoms with E-state index in [2.05, 4.69) is 20.8 Å². The number of nitrogens with zero attached hydrogens (tertiary/aromatic N) is 2. The zero-order chi connectivity index (χ0) is 13.5. The number of methoxy groups -OCH3 is 1. The van der Waals surface area contributed by atoms with Gasteiger partial charge in [0.25, 0.3) is 0 Å². The summed E-state index contributed by atoms with van der Waals surface area (Å²) in [6.07, 6.45) is 0. The van der Waals surface area contributed by atoms with E-state index >= 15 is 0 Å². The zero-order valence-corrected chi connectivity index (χ0v) is 11.5. The molecule has 0 saturated carbocycles. The van der Waals surface area contributed by atoms with Gasteiger partial charge in [0.15, 0.2) is 11.0 Å². The van der Waals surface area contributed by atoms with E-state index in [9.17, 15) is 4.79 Å². The Labute approximate surface area is 111 Å². The second-order valence-corrected chi connectivity index (χ2v) is 4.14. The fourth-order valence-electron chi connectivity index (χ4n) is 1.26. The lowest BCUT2D eigenvalue weighted by molar-refractivity contribution is -0.119. The Bertz CT molecular complexity index is 426. The summed E-state index contributed by atoms with van der Waals surface area (Å²) in [6.45, 7) is 4.85. The third-order valence-corrected chi connectivity index (χ3v) is 2.87. The summed E-state index contributed by atoms with van der Waals surface area (Å²) in [5, 5.41) is 13.7. The number of amides is 1. The number of nitrogens with one attached hydrogen (secondary N) is 2. The van der Waals surface area contributed by atoms with Crippen LogP contribution in [0.25, 0.3) is 0 Å². The molecule has 1 rings (SSSR count). The molecule has 0 bridgehead atoms. The minimum absolute atomic E-state index is 0.124. The molecule has 1 heterocycles. The van der Waals surface area contributed by atoms with Crippen molar-refractivity contribution in [3.63, 3.8) is 0 Å². The van der Waals surface area contributed by atoms with Crippen molar-refractivity contribution in [3.8, 4) is 0 Å². The van der Waals surface area contributed by atoms with Crippen LogP contribution in [0.2, 0.25) is 5.15 Å². The Morgan fingerprint density at radius 3 is 2.72 bits per heavy atom. The first-order chi connectivity index (χ1) is 8.56. The number of rotatable bonds is 6. The molecule has 0 atom stereocenters. The molecule has 7 heteroatoms. The largest absolute Gasteiger partial charge is 0.383 e. The number of anilines is 1. The van der Waals surface area contributed by atoms with E-state index in [0.29, 0.717) is 24.1 Å². The fraction of sp³-hybridized carbons (Fsp3) is 0.545. The Kier molecular flexibility index (Phi) is 5.80. The maximum atomic E-state index is 11.5. The quantitative estimate of drug-likeness (QED) is 0.753. The normalized spacial score (nSPS) is 10.2. The average molecular weight is 273 g/mol. The van der Waals surface area contributed by atoms with Crippen LogP contribution >= 0.6 is 11.6 Å². The predicted octanol–water partition coefficient (Wildman–Crippen LogP) is 0.921. The summed E-state index contributed by atoms with van der Waals surface area (Å²) in [5.74, 6) is 0.444. The zero-order valence-electron chi connectivity index (χ0n) is 10.7. The second kappa shape index (κ2) is 7.13. The highest BCUT2D eigenvalue weighted by Gasteiger charge is 2.09. The fourth-order valence-corrected chi connectivity index (χ4v) is 1.44. The van der Waals surface area contributed by atoms with E-state index in [1.807, 2.05) is 13.8 Å². The second-order valence-electron chi connectivity index (χ2n) is 3.79. The van der Waals surface area contributed by atoms with Gasteiger partial charge in [0.2, 0.25) is 5.91 Å². The topological polar surface area (TPSA) is 76.1 Å². The standard InChI is InChI=1S/C11H17ClN4O2/c1-7-8(2)11(16-15-10(7)12)14-6-9(17)13-4-5-18-3/h4-6H2,1-3H3,(H,13,17)(H,14,16). The van der Waals surface area contributed by atoms with Gasteiger partial charge in [-0.3, -0.25) is 4.79 Å². The number of hydrogen-bond donors (Lipinski definition) is 2. The van der Waals surface area contributed by atoms with Crippen molar-refractivity contribution in [1.82, 2.24) is 15.5 Å². The van der Waals surface area contributed by atoms with Crippen LogP contribution in [-0.4, -0.2) is 42.9 Å². The number of carbonyl (C=O) groups is 1. The lowest BCUT2D eigenvalue weighted by atomic mass is 10.2. The molecule has 2 N–H and O–H groups in total. The van der Waals surface area contributed by atoms with Crippen LogP contribution in [0.15, 0.2) is 0 Å². The van der Waals surface area contributed by atoms with Crippen molar-refractivity contribution in [3.05, 3.63) is 16.3 Å². The summed E-state index contributed by atoms with van der Waals surface area (Å²) >= 11 is 5.84. The Balaban J connectivity index is 2.49. The van der Waals surface area contributed by atoms with E-state index in [0.717, 1.165) is 11.1 Å². The summed E-state index contributed by atoms with van der Waals surface area (Å²) in [7, 11) is 1.58. The highest BCUT2D eigenvalue weighted by Crippen LogP contribution is 2.20. The van der Waals surface area contributed by atoms with Crippen molar-refractivity contribution >= 4 is 23.3 Å². The van der Waals surface area contributed by atoms with Crippen molar-refractivity contribution in [2.75, 3.05) is 32.1 Å². The van der Waals surface area contributed by atoms with Gasteiger partial charge in [0.05, 0.1) is 13.2 Å². The Morgan fingerprint density at radius 2 is 2.06 bits per heavy atom. The maximum absolute atomic E-state index is 11.5. The van der Waals surface area contributed by atoms with Gasteiger partial charge in [-0.1, -0.05) is 11.6 Å². The third-order valence-electron chi connectivity index (χ3n) is 2.51. The van der Waals surface area contributed by atoms with Crippen LogP contribution in [0.4, 0.5) is 5.82 Å². The van der Waals surface area contributed by atoms with Gasteiger partial charge in [-0.25, -0.2) is 0 Å². The summed E-state index contributed by atoms with van der Waals surface area (Å²) in [6, 6.07) is 0. The maximum Gasteiger partial charge on any atom is 0.239 e. The number of hydrogen-bond acceptors (Lipinski definition) is 5. The van der Waals surface area contributed by atoms with Crippen molar-refractivity contribution in [2.45, 2.75) is 13.8 Å².